The van der Waals surface area contributed by atoms with Crippen LogP contribution in [0.2, 0.25) is 5.02 Å². The third-order valence-electron chi connectivity index (χ3n) is 2.72. The van der Waals surface area contributed by atoms with Crippen molar-refractivity contribution < 1.29 is 14.2 Å². The minimum absolute atomic E-state index is 0.391. The number of methoxy groups -OCH3 is 1. The molecule has 1 aromatic rings. The van der Waals surface area contributed by atoms with Gasteiger partial charge >= 0.3 is 0 Å². The van der Waals surface area contributed by atoms with Gasteiger partial charge in [-0.2, -0.15) is 0 Å². The highest BCUT2D eigenvalue weighted by molar-refractivity contribution is 6.31. The quantitative estimate of drug-likeness (QED) is 0.600. The highest BCUT2D eigenvalue weighted by Gasteiger charge is 2.04. The minimum atomic E-state index is 0.391. The van der Waals surface area contributed by atoms with Gasteiger partial charge in [0, 0.05) is 26.9 Å². The van der Waals surface area contributed by atoms with Crippen LogP contribution in [0.5, 0.6) is 0 Å². The van der Waals surface area contributed by atoms with Crippen LogP contribution in [-0.4, -0.2) is 45.1 Å². The van der Waals surface area contributed by atoms with Crippen LogP contribution < -0.4 is 5.32 Å². The molecule has 1 aromatic heterocycles. The number of halogens is 1. The Morgan fingerprint density at radius 2 is 1.95 bits per heavy atom. The molecule has 1 heterocycles. The summed E-state index contributed by atoms with van der Waals surface area (Å²) in [5.74, 6) is 0.829. The molecule has 5 nitrogen and oxygen atoms in total. The van der Waals surface area contributed by atoms with E-state index in [1.165, 1.54) is 0 Å². The van der Waals surface area contributed by atoms with Gasteiger partial charge in [0.15, 0.2) is 0 Å². The van der Waals surface area contributed by atoms with E-state index in [1.54, 1.807) is 7.11 Å². The Kier molecular flexibility index (Phi) is 10.2. The highest BCUT2D eigenvalue weighted by atomic mass is 35.5. The Hall–Kier alpha value is -0.880. The third kappa shape index (κ3) is 8.21. The minimum Gasteiger partial charge on any atom is -0.385 e. The van der Waals surface area contributed by atoms with E-state index >= 15 is 0 Å². The molecule has 1 N–H and O–H groups in total. The van der Waals surface area contributed by atoms with Gasteiger partial charge in [0.05, 0.1) is 30.5 Å². The lowest BCUT2D eigenvalue weighted by molar-refractivity contribution is 0.0328. The van der Waals surface area contributed by atoms with Gasteiger partial charge in [-0.3, -0.25) is 0 Å². The molecule has 0 unspecified atom stereocenters. The van der Waals surface area contributed by atoms with Crippen LogP contribution in [0.15, 0.2) is 12.1 Å². The zero-order valence-electron chi connectivity index (χ0n) is 12.9. The molecule has 1 rings (SSSR count). The second-order valence-electron chi connectivity index (χ2n) is 4.56. The summed E-state index contributed by atoms with van der Waals surface area (Å²) in [6.45, 7) is 5.89. The lowest BCUT2D eigenvalue weighted by Gasteiger charge is -2.09. The summed E-state index contributed by atoms with van der Waals surface area (Å²) in [6, 6.07) is 3.72. The van der Waals surface area contributed by atoms with E-state index in [0.29, 0.717) is 31.5 Å². The second kappa shape index (κ2) is 11.7. The lowest BCUT2D eigenvalue weighted by Crippen LogP contribution is -2.08. The van der Waals surface area contributed by atoms with E-state index in [1.807, 2.05) is 12.1 Å². The fourth-order valence-electron chi connectivity index (χ4n) is 1.63. The fraction of sp³-hybridized carbons (Fsp3) is 0.667. The first-order chi connectivity index (χ1) is 10.3. The monoisotopic (exact) mass is 316 g/mol. The smallest absolute Gasteiger partial charge is 0.126 e. The van der Waals surface area contributed by atoms with Gasteiger partial charge in [0.2, 0.25) is 0 Å². The molecule has 0 aliphatic rings. The topological polar surface area (TPSA) is 52.6 Å². The molecule has 0 spiro atoms. The maximum atomic E-state index is 6.11. The second-order valence-corrected chi connectivity index (χ2v) is 4.97. The standard InChI is InChI=1S/C15H25ClN2O3/c1-3-7-17-15-6-5-13(16)14(18-15)12-21-11-10-20-9-4-8-19-2/h5-6H,3-4,7-12H2,1-2H3,(H,17,18). The van der Waals surface area contributed by atoms with E-state index < -0.39 is 0 Å². The number of hydrogen-bond donors (Lipinski definition) is 1. The molecule has 0 atom stereocenters. The maximum absolute atomic E-state index is 6.11. The number of rotatable bonds is 12. The zero-order valence-corrected chi connectivity index (χ0v) is 13.6. The van der Waals surface area contributed by atoms with Crippen molar-refractivity contribution in [1.29, 1.82) is 0 Å². The molecule has 6 heteroatoms. The molecular formula is C15H25ClN2O3. The molecular weight excluding hydrogens is 292 g/mol. The first-order valence-electron chi connectivity index (χ1n) is 7.31. The van der Waals surface area contributed by atoms with E-state index in [0.717, 1.165) is 37.5 Å². The van der Waals surface area contributed by atoms with Gasteiger partial charge in [-0.15, -0.1) is 0 Å². The number of nitrogens with zero attached hydrogens (tertiary/aromatic N) is 1. The summed E-state index contributed by atoms with van der Waals surface area (Å²) in [5.41, 5.74) is 0.747. The van der Waals surface area contributed by atoms with Crippen molar-refractivity contribution in [1.82, 2.24) is 4.98 Å². The maximum Gasteiger partial charge on any atom is 0.126 e. The van der Waals surface area contributed by atoms with Crippen LogP contribution in [0.3, 0.4) is 0 Å². The van der Waals surface area contributed by atoms with E-state index in [9.17, 15) is 0 Å². The molecule has 0 radical (unpaired) electrons. The van der Waals surface area contributed by atoms with E-state index in [-0.39, 0.29) is 0 Å². The number of pyridine rings is 1. The van der Waals surface area contributed by atoms with E-state index in [4.69, 9.17) is 25.8 Å². The van der Waals surface area contributed by atoms with Crippen molar-refractivity contribution >= 4 is 17.4 Å². The molecule has 0 saturated carbocycles. The summed E-state index contributed by atoms with van der Waals surface area (Å²) >= 11 is 6.11. The first-order valence-corrected chi connectivity index (χ1v) is 7.69. The van der Waals surface area contributed by atoms with Crippen molar-refractivity contribution in [3.8, 4) is 0 Å². The predicted molar refractivity (Wildman–Crippen MR) is 85.0 cm³/mol. The van der Waals surface area contributed by atoms with Gasteiger partial charge in [0.1, 0.15) is 5.82 Å². The normalized spacial score (nSPS) is 10.8. The van der Waals surface area contributed by atoms with Gasteiger partial charge in [-0.1, -0.05) is 18.5 Å². The van der Waals surface area contributed by atoms with Crippen LogP contribution >= 0.6 is 11.6 Å². The molecule has 0 amide bonds. The Balaban J connectivity index is 2.21. The molecule has 21 heavy (non-hydrogen) atoms. The van der Waals surface area contributed by atoms with Crippen molar-refractivity contribution in [3.63, 3.8) is 0 Å². The zero-order chi connectivity index (χ0) is 15.3. The van der Waals surface area contributed by atoms with Crippen molar-refractivity contribution in [2.24, 2.45) is 0 Å². The molecule has 0 aromatic carbocycles. The molecule has 0 aliphatic carbocycles. The number of ether oxygens (including phenoxy) is 3. The van der Waals surface area contributed by atoms with Crippen LogP contribution in [-0.2, 0) is 20.8 Å². The molecule has 0 bridgehead atoms. The number of hydrogen-bond acceptors (Lipinski definition) is 5. The highest BCUT2D eigenvalue weighted by Crippen LogP contribution is 2.17. The van der Waals surface area contributed by atoms with Crippen molar-refractivity contribution in [2.75, 3.05) is 45.4 Å². The Morgan fingerprint density at radius 1 is 1.14 bits per heavy atom. The van der Waals surface area contributed by atoms with E-state index in [2.05, 4.69) is 17.2 Å². The lowest BCUT2D eigenvalue weighted by atomic mass is 10.3. The number of anilines is 1. The largest absolute Gasteiger partial charge is 0.385 e. The van der Waals surface area contributed by atoms with Gasteiger partial charge in [-0.05, 0) is 25.0 Å². The van der Waals surface area contributed by atoms with Gasteiger partial charge in [0.25, 0.3) is 0 Å². The summed E-state index contributed by atoms with van der Waals surface area (Å²) < 4.78 is 15.9. The molecule has 0 saturated heterocycles. The molecule has 120 valence electrons. The average Bonchev–Trinajstić information content (AvgIpc) is 2.50. The molecule has 0 fully saturated rings. The predicted octanol–water partition coefficient (Wildman–Crippen LogP) is 3.13. The van der Waals surface area contributed by atoms with Crippen LogP contribution in [0.4, 0.5) is 5.82 Å². The summed E-state index contributed by atoms with van der Waals surface area (Å²) in [7, 11) is 1.68. The Morgan fingerprint density at radius 3 is 2.71 bits per heavy atom. The van der Waals surface area contributed by atoms with Gasteiger partial charge < -0.3 is 19.5 Å². The summed E-state index contributed by atoms with van der Waals surface area (Å²) in [4.78, 5) is 4.44. The molecule has 0 aliphatic heterocycles. The van der Waals surface area contributed by atoms with Crippen LogP contribution in [0.25, 0.3) is 0 Å². The average molecular weight is 317 g/mol. The SMILES string of the molecule is CCCNc1ccc(Cl)c(COCCOCCCOC)n1. The fourth-order valence-corrected chi connectivity index (χ4v) is 1.79. The third-order valence-corrected chi connectivity index (χ3v) is 3.07. The number of nitrogens with one attached hydrogen (secondary N) is 1. The van der Waals surface area contributed by atoms with Crippen molar-refractivity contribution in [3.05, 3.63) is 22.8 Å². The summed E-state index contributed by atoms with van der Waals surface area (Å²) in [5, 5.41) is 3.85. The first kappa shape index (κ1) is 18.2. The van der Waals surface area contributed by atoms with Crippen LogP contribution in [0.1, 0.15) is 25.5 Å². The Labute approximate surface area is 131 Å². The van der Waals surface area contributed by atoms with Crippen LogP contribution in [0, 0.1) is 0 Å². The van der Waals surface area contributed by atoms with Gasteiger partial charge in [-0.25, -0.2) is 4.98 Å². The van der Waals surface area contributed by atoms with Crippen molar-refractivity contribution in [2.45, 2.75) is 26.4 Å². The Bertz CT molecular complexity index is 391. The number of aromatic nitrogens is 1. The summed E-state index contributed by atoms with van der Waals surface area (Å²) in [6.07, 6.45) is 1.95.